The van der Waals surface area contributed by atoms with Crippen molar-refractivity contribution < 1.29 is 8.42 Å². The van der Waals surface area contributed by atoms with Crippen molar-refractivity contribution in [2.24, 2.45) is 5.73 Å². The van der Waals surface area contributed by atoms with Crippen molar-refractivity contribution in [2.45, 2.75) is 18.3 Å². The predicted molar refractivity (Wildman–Crippen MR) is 85.6 cm³/mol. The van der Waals surface area contributed by atoms with Crippen LogP contribution < -0.4 is 5.73 Å². The van der Waals surface area contributed by atoms with Gasteiger partial charge in [-0.3, -0.25) is 4.90 Å². The number of rotatable bonds is 5. The minimum atomic E-state index is -3.04. The molecule has 0 aromatic heterocycles. The highest BCUT2D eigenvalue weighted by molar-refractivity contribution is 8.00. The van der Waals surface area contributed by atoms with Crippen molar-refractivity contribution >= 4 is 21.6 Å². The highest BCUT2D eigenvalue weighted by atomic mass is 32.2. The summed E-state index contributed by atoms with van der Waals surface area (Å²) < 4.78 is 23.8. The van der Waals surface area contributed by atoms with Gasteiger partial charge in [-0.15, -0.1) is 0 Å². The van der Waals surface area contributed by atoms with Crippen molar-refractivity contribution in [1.82, 2.24) is 4.90 Å². The normalized spacial score (nSPS) is 21.0. The first-order chi connectivity index (χ1) is 9.52. The van der Waals surface area contributed by atoms with Gasteiger partial charge < -0.3 is 5.73 Å². The van der Waals surface area contributed by atoms with E-state index >= 15 is 0 Å². The first kappa shape index (κ1) is 15.8. The lowest BCUT2D eigenvalue weighted by molar-refractivity contribution is 0.261. The molecule has 0 spiro atoms. The fourth-order valence-corrected chi connectivity index (χ4v) is 5.46. The summed E-state index contributed by atoms with van der Waals surface area (Å²) in [6.07, 6.45) is 2.17. The van der Waals surface area contributed by atoms with E-state index in [1.165, 1.54) is 17.4 Å². The second-order valence-corrected chi connectivity index (χ2v) is 8.49. The third-order valence-corrected chi connectivity index (χ3v) is 6.28. The zero-order valence-corrected chi connectivity index (χ0v) is 13.4. The summed E-state index contributed by atoms with van der Waals surface area (Å²) in [6, 6.07) is 8.17. The molecule has 20 heavy (non-hydrogen) atoms. The number of benzene rings is 1. The van der Waals surface area contributed by atoms with Crippen molar-refractivity contribution in [3.05, 3.63) is 35.4 Å². The van der Waals surface area contributed by atoms with Crippen molar-refractivity contribution in [2.75, 3.05) is 30.9 Å². The van der Waals surface area contributed by atoms with Crippen LogP contribution in [0.2, 0.25) is 0 Å². The molecule has 0 bridgehead atoms. The van der Waals surface area contributed by atoms with Gasteiger partial charge in [0.1, 0.15) is 5.37 Å². The zero-order chi connectivity index (χ0) is 14.6. The summed E-state index contributed by atoms with van der Waals surface area (Å²) >= 11 is 1.72. The maximum atomic E-state index is 11.9. The predicted octanol–water partition coefficient (Wildman–Crippen LogP) is 1.11. The van der Waals surface area contributed by atoms with Crippen LogP contribution in [0, 0.1) is 0 Å². The molecule has 1 aliphatic heterocycles. The lowest BCUT2D eigenvalue weighted by atomic mass is 10.0. The Hall–Kier alpha value is -0.560. The van der Waals surface area contributed by atoms with Gasteiger partial charge in [0.2, 0.25) is 0 Å². The number of thioether (sulfide) groups is 1. The lowest BCUT2D eigenvalue weighted by Gasteiger charge is -2.34. The van der Waals surface area contributed by atoms with Gasteiger partial charge in [0.15, 0.2) is 9.84 Å². The number of sulfone groups is 1. The van der Waals surface area contributed by atoms with Gasteiger partial charge in [0.05, 0.1) is 0 Å². The largest absolute Gasteiger partial charge is 0.330 e. The molecule has 0 radical (unpaired) electrons. The summed E-state index contributed by atoms with van der Waals surface area (Å²) in [5.74, 6) is 1.66. The molecule has 1 aliphatic rings. The number of hydrogen-bond acceptors (Lipinski definition) is 5. The summed E-state index contributed by atoms with van der Waals surface area (Å²) in [6.45, 7) is 2.12. The van der Waals surface area contributed by atoms with Gasteiger partial charge in [-0.25, -0.2) is 8.42 Å². The van der Waals surface area contributed by atoms with Crippen LogP contribution in [0.5, 0.6) is 0 Å². The summed E-state index contributed by atoms with van der Waals surface area (Å²) in [5.41, 5.74) is 8.06. The van der Waals surface area contributed by atoms with E-state index in [-0.39, 0.29) is 5.37 Å². The maximum absolute atomic E-state index is 11.9. The fraction of sp³-hybridized carbons (Fsp3) is 0.571. The molecule has 112 valence electrons. The molecule has 0 aliphatic carbocycles. The number of nitrogens with two attached hydrogens (primary N) is 1. The van der Waals surface area contributed by atoms with Crippen LogP contribution in [0.4, 0.5) is 0 Å². The fourth-order valence-electron chi connectivity index (χ4n) is 2.52. The smallest absolute Gasteiger partial charge is 0.164 e. The second-order valence-electron chi connectivity index (χ2n) is 5.14. The lowest BCUT2D eigenvalue weighted by Crippen LogP contribution is -2.46. The molecule has 1 aromatic rings. The highest BCUT2D eigenvalue weighted by Gasteiger charge is 2.31. The van der Waals surface area contributed by atoms with Crippen molar-refractivity contribution in [3.8, 4) is 0 Å². The van der Waals surface area contributed by atoms with E-state index in [0.29, 0.717) is 18.8 Å². The van der Waals surface area contributed by atoms with E-state index in [9.17, 15) is 8.42 Å². The Morgan fingerprint density at radius 2 is 2.05 bits per heavy atom. The molecule has 0 amide bonds. The molecule has 1 atom stereocenters. The van der Waals surface area contributed by atoms with Gasteiger partial charge in [-0.05, 0) is 24.1 Å². The van der Waals surface area contributed by atoms with E-state index in [1.807, 2.05) is 12.1 Å². The Morgan fingerprint density at radius 3 is 2.70 bits per heavy atom. The van der Waals surface area contributed by atoms with E-state index in [1.54, 1.807) is 11.8 Å². The van der Waals surface area contributed by atoms with Crippen LogP contribution in [0.1, 0.15) is 11.1 Å². The second kappa shape index (κ2) is 6.93. The van der Waals surface area contributed by atoms with Gasteiger partial charge in [0, 0.05) is 30.9 Å². The Bertz CT molecular complexity index is 546. The van der Waals surface area contributed by atoms with E-state index < -0.39 is 9.84 Å². The molecule has 1 saturated heterocycles. The summed E-state index contributed by atoms with van der Waals surface area (Å²) in [5, 5.41) is -0.368. The highest BCUT2D eigenvalue weighted by Crippen LogP contribution is 2.23. The van der Waals surface area contributed by atoms with Gasteiger partial charge in [-0.2, -0.15) is 11.8 Å². The molecule has 1 fully saturated rings. The molecule has 2 N–H and O–H groups in total. The van der Waals surface area contributed by atoms with Gasteiger partial charge in [-0.1, -0.05) is 24.3 Å². The van der Waals surface area contributed by atoms with Crippen LogP contribution in [-0.4, -0.2) is 49.5 Å². The van der Waals surface area contributed by atoms with Crippen LogP contribution in [0.3, 0.4) is 0 Å². The quantitative estimate of drug-likeness (QED) is 0.882. The molecule has 1 unspecified atom stereocenters. The molecule has 1 heterocycles. The molecular weight excluding hydrogens is 292 g/mol. The third kappa shape index (κ3) is 3.97. The monoisotopic (exact) mass is 314 g/mol. The van der Waals surface area contributed by atoms with Crippen LogP contribution in [-0.2, 0) is 22.8 Å². The maximum Gasteiger partial charge on any atom is 0.164 e. The zero-order valence-electron chi connectivity index (χ0n) is 11.8. The topological polar surface area (TPSA) is 63.4 Å². The summed E-state index contributed by atoms with van der Waals surface area (Å²) in [4.78, 5) is 2.08. The SMILES string of the molecule is CS(=O)(=O)C1CSCCN1Cc1ccccc1CCN. The average molecular weight is 314 g/mol. The third-order valence-electron chi connectivity index (χ3n) is 3.59. The average Bonchev–Trinajstić information content (AvgIpc) is 2.41. The summed E-state index contributed by atoms with van der Waals surface area (Å²) in [7, 11) is -3.04. The van der Waals surface area contributed by atoms with E-state index in [2.05, 4.69) is 17.0 Å². The first-order valence-corrected chi connectivity index (χ1v) is 9.91. The van der Waals surface area contributed by atoms with E-state index in [0.717, 1.165) is 18.7 Å². The number of hydrogen-bond donors (Lipinski definition) is 1. The van der Waals surface area contributed by atoms with Crippen LogP contribution in [0.15, 0.2) is 24.3 Å². The van der Waals surface area contributed by atoms with Crippen molar-refractivity contribution in [3.63, 3.8) is 0 Å². The molecule has 0 saturated carbocycles. The van der Waals surface area contributed by atoms with E-state index in [4.69, 9.17) is 5.73 Å². The van der Waals surface area contributed by atoms with Crippen LogP contribution in [0.25, 0.3) is 0 Å². The molecule has 4 nitrogen and oxygen atoms in total. The molecule has 6 heteroatoms. The van der Waals surface area contributed by atoms with Gasteiger partial charge in [0.25, 0.3) is 0 Å². The Morgan fingerprint density at radius 1 is 1.35 bits per heavy atom. The first-order valence-electron chi connectivity index (χ1n) is 6.80. The number of nitrogens with zero attached hydrogens (tertiary/aromatic N) is 1. The molecule has 2 rings (SSSR count). The Balaban J connectivity index is 2.19. The standard InChI is InChI=1S/C14H22N2O2S2/c1-20(17,18)14-11-19-9-8-16(14)10-13-5-3-2-4-12(13)6-7-15/h2-5,14H,6-11,15H2,1H3. The Labute approximate surface area is 125 Å². The molecular formula is C14H22N2O2S2. The minimum absolute atomic E-state index is 0.368. The minimum Gasteiger partial charge on any atom is -0.330 e. The Kier molecular flexibility index (Phi) is 5.49. The van der Waals surface area contributed by atoms with Crippen molar-refractivity contribution in [1.29, 1.82) is 0 Å². The molecule has 1 aromatic carbocycles. The van der Waals surface area contributed by atoms with Crippen LogP contribution >= 0.6 is 11.8 Å². The van der Waals surface area contributed by atoms with Gasteiger partial charge >= 0.3 is 0 Å².